The van der Waals surface area contributed by atoms with Gasteiger partial charge in [0.2, 0.25) is 11.8 Å². The normalized spacial score (nSPS) is 17.6. The van der Waals surface area contributed by atoms with Crippen LogP contribution >= 0.6 is 0 Å². The Bertz CT molecular complexity index is 336. The lowest BCUT2D eigenvalue weighted by Gasteiger charge is -2.25. The first kappa shape index (κ1) is 18.0. The topological polar surface area (TPSA) is 61.4 Å². The van der Waals surface area contributed by atoms with E-state index in [2.05, 4.69) is 24.5 Å². The summed E-state index contributed by atoms with van der Waals surface area (Å²) in [4.78, 5) is 25.8. The van der Waals surface area contributed by atoms with Crippen LogP contribution in [0, 0.1) is 11.8 Å². The predicted octanol–water partition coefficient (Wildman–Crippen LogP) is 1.39. The summed E-state index contributed by atoms with van der Waals surface area (Å²) in [5.74, 6) is 1.02. The van der Waals surface area contributed by atoms with E-state index in [9.17, 15) is 9.59 Å². The van der Waals surface area contributed by atoms with Gasteiger partial charge in [0.1, 0.15) is 6.04 Å². The molecule has 1 heterocycles. The van der Waals surface area contributed by atoms with Gasteiger partial charge in [-0.2, -0.15) is 0 Å². The van der Waals surface area contributed by atoms with Crippen LogP contribution in [-0.4, -0.2) is 49.9 Å². The van der Waals surface area contributed by atoms with Crippen molar-refractivity contribution in [1.29, 1.82) is 0 Å². The van der Waals surface area contributed by atoms with Gasteiger partial charge < -0.3 is 15.5 Å². The fraction of sp³-hybridized carbons (Fsp3) is 0.875. The summed E-state index contributed by atoms with van der Waals surface area (Å²) >= 11 is 0. The molecule has 0 saturated carbocycles. The molecule has 21 heavy (non-hydrogen) atoms. The van der Waals surface area contributed by atoms with Crippen LogP contribution in [0.15, 0.2) is 0 Å². The third-order valence-electron chi connectivity index (χ3n) is 4.02. The number of nitrogens with one attached hydrogen (secondary N) is 2. The third kappa shape index (κ3) is 6.93. The molecule has 1 saturated heterocycles. The van der Waals surface area contributed by atoms with E-state index in [4.69, 9.17) is 0 Å². The minimum Gasteiger partial charge on any atom is -0.347 e. The van der Waals surface area contributed by atoms with Crippen LogP contribution in [0.25, 0.3) is 0 Å². The van der Waals surface area contributed by atoms with Crippen molar-refractivity contribution in [2.24, 2.45) is 11.8 Å². The second kappa shape index (κ2) is 9.03. The number of nitrogens with zero attached hydrogens (tertiary/aromatic N) is 1. The lowest BCUT2D eigenvalue weighted by Crippen LogP contribution is -2.47. The molecule has 0 bridgehead atoms. The molecular weight excluding hydrogens is 266 g/mol. The van der Waals surface area contributed by atoms with Crippen LogP contribution in [0.4, 0.5) is 0 Å². The van der Waals surface area contributed by atoms with Gasteiger partial charge in [-0.15, -0.1) is 0 Å². The van der Waals surface area contributed by atoms with Gasteiger partial charge in [-0.05, 0) is 50.6 Å². The Morgan fingerprint density at radius 1 is 1.24 bits per heavy atom. The zero-order valence-electron chi connectivity index (χ0n) is 13.9. The highest BCUT2D eigenvalue weighted by atomic mass is 16.2. The molecule has 0 radical (unpaired) electrons. The van der Waals surface area contributed by atoms with E-state index < -0.39 is 0 Å². The second-order valence-corrected chi connectivity index (χ2v) is 6.71. The van der Waals surface area contributed by atoms with Gasteiger partial charge in [-0.3, -0.25) is 9.59 Å². The molecule has 5 heteroatoms. The van der Waals surface area contributed by atoms with Crippen molar-refractivity contribution in [2.45, 2.75) is 52.0 Å². The van der Waals surface area contributed by atoms with Crippen molar-refractivity contribution in [3.8, 4) is 0 Å². The maximum atomic E-state index is 12.1. The standard InChI is InChI=1S/C16H31N3O2/c1-12(2)11-14(16(21)19(3)4)18-15(20)6-5-13-7-9-17-10-8-13/h12-14,17H,5-11H2,1-4H3,(H,18,20). The quantitative estimate of drug-likeness (QED) is 0.746. The molecular formula is C16H31N3O2. The Hall–Kier alpha value is -1.10. The molecule has 2 N–H and O–H groups in total. The predicted molar refractivity (Wildman–Crippen MR) is 84.9 cm³/mol. The van der Waals surface area contributed by atoms with E-state index in [1.165, 1.54) is 0 Å². The lowest BCUT2D eigenvalue weighted by atomic mass is 9.93. The Morgan fingerprint density at radius 3 is 2.38 bits per heavy atom. The van der Waals surface area contributed by atoms with Crippen molar-refractivity contribution in [2.75, 3.05) is 27.2 Å². The van der Waals surface area contributed by atoms with Crippen molar-refractivity contribution in [3.05, 3.63) is 0 Å². The van der Waals surface area contributed by atoms with Crippen LogP contribution in [0.1, 0.15) is 46.0 Å². The minimum absolute atomic E-state index is 0.00869. The highest BCUT2D eigenvalue weighted by Gasteiger charge is 2.23. The maximum Gasteiger partial charge on any atom is 0.244 e. The monoisotopic (exact) mass is 297 g/mol. The van der Waals surface area contributed by atoms with Crippen LogP contribution in [0.5, 0.6) is 0 Å². The average Bonchev–Trinajstić information content (AvgIpc) is 2.44. The Kier molecular flexibility index (Phi) is 7.72. The number of carbonyl (C=O) groups excluding carboxylic acids is 2. The highest BCUT2D eigenvalue weighted by molar-refractivity contribution is 5.87. The molecule has 5 nitrogen and oxygen atoms in total. The van der Waals surface area contributed by atoms with Crippen molar-refractivity contribution >= 4 is 11.8 Å². The fourth-order valence-corrected chi connectivity index (χ4v) is 2.78. The smallest absolute Gasteiger partial charge is 0.244 e. The van der Waals surface area contributed by atoms with E-state index >= 15 is 0 Å². The van der Waals surface area contributed by atoms with Crippen LogP contribution < -0.4 is 10.6 Å². The van der Waals surface area contributed by atoms with Gasteiger partial charge in [0.05, 0.1) is 0 Å². The molecule has 1 fully saturated rings. The molecule has 122 valence electrons. The van der Waals surface area contributed by atoms with E-state index in [1.54, 1.807) is 19.0 Å². The maximum absolute atomic E-state index is 12.1. The van der Waals surface area contributed by atoms with Gasteiger partial charge in [0.25, 0.3) is 0 Å². The van der Waals surface area contributed by atoms with Crippen molar-refractivity contribution in [1.82, 2.24) is 15.5 Å². The number of hydrogen-bond acceptors (Lipinski definition) is 3. The Balaban J connectivity index is 2.41. The molecule has 1 unspecified atom stereocenters. The summed E-state index contributed by atoms with van der Waals surface area (Å²) in [6.45, 7) is 6.25. The van der Waals surface area contributed by atoms with Crippen LogP contribution in [-0.2, 0) is 9.59 Å². The SMILES string of the molecule is CC(C)CC(NC(=O)CCC1CCNCC1)C(=O)N(C)C. The Labute approximate surface area is 128 Å². The van der Waals surface area contributed by atoms with Gasteiger partial charge >= 0.3 is 0 Å². The van der Waals surface area contributed by atoms with Gasteiger partial charge in [0, 0.05) is 20.5 Å². The third-order valence-corrected chi connectivity index (χ3v) is 4.02. The molecule has 0 aromatic rings. The van der Waals surface area contributed by atoms with Crippen LogP contribution in [0.3, 0.4) is 0 Å². The zero-order valence-corrected chi connectivity index (χ0v) is 13.9. The molecule has 0 aromatic heterocycles. The molecule has 1 rings (SSSR count). The van der Waals surface area contributed by atoms with E-state index in [0.717, 1.165) is 32.4 Å². The summed E-state index contributed by atoms with van der Waals surface area (Å²) in [5.41, 5.74) is 0. The minimum atomic E-state index is -0.388. The highest BCUT2D eigenvalue weighted by Crippen LogP contribution is 2.17. The molecule has 1 atom stereocenters. The summed E-state index contributed by atoms with van der Waals surface area (Å²) in [7, 11) is 3.47. The number of likely N-dealkylation sites (N-methyl/N-ethyl adjacent to an activating group) is 1. The largest absolute Gasteiger partial charge is 0.347 e. The number of piperidine rings is 1. The molecule has 1 aliphatic rings. The summed E-state index contributed by atoms with van der Waals surface area (Å²) in [6.07, 6.45) is 4.45. The first-order valence-electron chi connectivity index (χ1n) is 8.11. The fourth-order valence-electron chi connectivity index (χ4n) is 2.78. The molecule has 1 aliphatic heterocycles. The van der Waals surface area contributed by atoms with Crippen molar-refractivity contribution < 1.29 is 9.59 Å². The average molecular weight is 297 g/mol. The van der Waals surface area contributed by atoms with E-state index in [1.807, 2.05) is 0 Å². The molecule has 0 spiro atoms. The molecule has 0 aliphatic carbocycles. The summed E-state index contributed by atoms with van der Waals surface area (Å²) < 4.78 is 0. The number of carbonyl (C=O) groups is 2. The second-order valence-electron chi connectivity index (χ2n) is 6.71. The Morgan fingerprint density at radius 2 is 1.86 bits per heavy atom. The summed E-state index contributed by atoms with van der Waals surface area (Å²) in [5, 5.41) is 6.26. The van der Waals surface area contributed by atoms with E-state index in [0.29, 0.717) is 24.7 Å². The number of amides is 2. The molecule has 2 amide bonds. The summed E-state index contributed by atoms with van der Waals surface area (Å²) in [6, 6.07) is -0.388. The first-order chi connectivity index (χ1) is 9.90. The van der Waals surface area contributed by atoms with Gasteiger partial charge in [-0.25, -0.2) is 0 Å². The lowest BCUT2D eigenvalue weighted by molar-refractivity contribution is -0.134. The van der Waals surface area contributed by atoms with Gasteiger partial charge in [0.15, 0.2) is 0 Å². The molecule has 0 aromatic carbocycles. The zero-order chi connectivity index (χ0) is 15.8. The van der Waals surface area contributed by atoms with E-state index in [-0.39, 0.29) is 17.9 Å². The number of rotatable bonds is 7. The van der Waals surface area contributed by atoms with Crippen molar-refractivity contribution in [3.63, 3.8) is 0 Å². The number of hydrogen-bond donors (Lipinski definition) is 2. The van der Waals surface area contributed by atoms with Gasteiger partial charge in [-0.1, -0.05) is 13.8 Å². The van der Waals surface area contributed by atoms with Crippen LogP contribution in [0.2, 0.25) is 0 Å². The first-order valence-corrected chi connectivity index (χ1v) is 8.11.